The van der Waals surface area contributed by atoms with Crippen molar-refractivity contribution >= 4 is 16.0 Å². The van der Waals surface area contributed by atoms with E-state index in [0.717, 1.165) is 0 Å². The summed E-state index contributed by atoms with van der Waals surface area (Å²) in [4.78, 5) is 11.0. The molecule has 0 atom stereocenters. The largest absolute Gasteiger partial charge is 0.478 e. The SMILES string of the molecule is C=CCN(C(C)C)S(=O)(=O)c1cc(C(=O)O)ccc1C. The molecule has 1 N–H and O–H groups in total. The molecule has 1 rings (SSSR count). The lowest BCUT2D eigenvalue weighted by Crippen LogP contribution is -2.37. The van der Waals surface area contributed by atoms with Crippen LogP contribution in [0.2, 0.25) is 0 Å². The maximum Gasteiger partial charge on any atom is 0.335 e. The zero-order valence-electron chi connectivity index (χ0n) is 11.8. The molecule has 0 bridgehead atoms. The number of carbonyl (C=O) groups is 1. The summed E-state index contributed by atoms with van der Waals surface area (Å²) in [6, 6.07) is 3.85. The first-order valence-electron chi connectivity index (χ1n) is 6.18. The molecule has 0 aromatic heterocycles. The van der Waals surface area contributed by atoms with Gasteiger partial charge in [0.1, 0.15) is 0 Å². The molecular weight excluding hydrogens is 278 g/mol. The first-order chi connectivity index (χ1) is 9.21. The standard InChI is InChI=1S/C14H19NO4S/c1-5-8-15(10(2)3)20(18,19)13-9-12(14(16)17)7-6-11(13)4/h5-7,9-10H,1,8H2,2-4H3,(H,16,17). The minimum Gasteiger partial charge on any atom is -0.478 e. The smallest absolute Gasteiger partial charge is 0.335 e. The molecule has 0 aliphatic rings. The third kappa shape index (κ3) is 3.26. The summed E-state index contributed by atoms with van der Waals surface area (Å²) in [5, 5.41) is 8.99. The van der Waals surface area contributed by atoms with Crippen molar-refractivity contribution in [2.75, 3.05) is 6.54 Å². The van der Waals surface area contributed by atoms with E-state index in [9.17, 15) is 13.2 Å². The fourth-order valence-electron chi connectivity index (χ4n) is 1.85. The third-order valence-corrected chi connectivity index (χ3v) is 5.09. The Bertz CT molecular complexity index is 620. The average molecular weight is 297 g/mol. The van der Waals surface area contributed by atoms with Crippen molar-refractivity contribution in [2.45, 2.75) is 31.7 Å². The molecule has 5 nitrogen and oxygen atoms in total. The van der Waals surface area contributed by atoms with E-state index in [1.165, 1.54) is 28.6 Å². The van der Waals surface area contributed by atoms with E-state index in [2.05, 4.69) is 6.58 Å². The first kappa shape index (κ1) is 16.4. The van der Waals surface area contributed by atoms with Gasteiger partial charge in [0.2, 0.25) is 10.0 Å². The maximum atomic E-state index is 12.6. The highest BCUT2D eigenvalue weighted by atomic mass is 32.2. The van der Waals surface area contributed by atoms with Gasteiger partial charge < -0.3 is 5.11 Å². The number of hydrogen-bond acceptors (Lipinski definition) is 3. The molecule has 0 fully saturated rings. The van der Waals surface area contributed by atoms with Gasteiger partial charge in [-0.1, -0.05) is 12.1 Å². The predicted octanol–water partition coefficient (Wildman–Crippen LogP) is 2.28. The Morgan fingerprint density at radius 1 is 1.45 bits per heavy atom. The molecule has 0 saturated carbocycles. The second kappa shape index (κ2) is 6.19. The van der Waals surface area contributed by atoms with Gasteiger partial charge in [0.15, 0.2) is 0 Å². The third-order valence-electron chi connectivity index (χ3n) is 2.91. The van der Waals surface area contributed by atoms with Crippen LogP contribution in [0.3, 0.4) is 0 Å². The first-order valence-corrected chi connectivity index (χ1v) is 7.62. The topological polar surface area (TPSA) is 74.7 Å². The second-order valence-corrected chi connectivity index (χ2v) is 6.60. The van der Waals surface area contributed by atoms with Crippen molar-refractivity contribution in [1.82, 2.24) is 4.31 Å². The van der Waals surface area contributed by atoms with Crippen molar-refractivity contribution in [1.29, 1.82) is 0 Å². The van der Waals surface area contributed by atoms with E-state index in [1.807, 2.05) is 0 Å². The molecule has 0 aliphatic carbocycles. The van der Waals surface area contributed by atoms with Crippen molar-refractivity contribution in [3.8, 4) is 0 Å². The summed E-state index contributed by atoms with van der Waals surface area (Å²) in [6.07, 6.45) is 1.51. The summed E-state index contributed by atoms with van der Waals surface area (Å²) < 4.78 is 26.6. The lowest BCUT2D eigenvalue weighted by molar-refractivity contribution is 0.0696. The van der Waals surface area contributed by atoms with Gasteiger partial charge in [0.25, 0.3) is 0 Å². The molecule has 0 heterocycles. The quantitative estimate of drug-likeness (QED) is 0.817. The number of nitrogens with zero attached hydrogens (tertiary/aromatic N) is 1. The van der Waals surface area contributed by atoms with E-state index in [4.69, 9.17) is 5.11 Å². The molecule has 20 heavy (non-hydrogen) atoms. The zero-order valence-corrected chi connectivity index (χ0v) is 12.6. The molecule has 0 saturated heterocycles. The van der Waals surface area contributed by atoms with Crippen LogP contribution in [0.1, 0.15) is 29.8 Å². The van der Waals surface area contributed by atoms with Crippen LogP contribution in [-0.2, 0) is 10.0 Å². The van der Waals surface area contributed by atoms with Gasteiger partial charge in [-0.05, 0) is 38.5 Å². The van der Waals surface area contributed by atoms with Crippen molar-refractivity contribution in [3.63, 3.8) is 0 Å². The summed E-state index contributed by atoms with van der Waals surface area (Å²) in [7, 11) is -3.75. The van der Waals surface area contributed by atoms with E-state index in [1.54, 1.807) is 20.8 Å². The van der Waals surface area contributed by atoms with Crippen LogP contribution >= 0.6 is 0 Å². The van der Waals surface area contributed by atoms with Gasteiger partial charge in [-0.2, -0.15) is 4.31 Å². The number of aromatic carboxylic acids is 1. The summed E-state index contributed by atoms with van der Waals surface area (Å²) >= 11 is 0. The molecule has 110 valence electrons. The van der Waals surface area contributed by atoms with Crippen LogP contribution < -0.4 is 0 Å². The van der Waals surface area contributed by atoms with Crippen molar-refractivity contribution < 1.29 is 18.3 Å². The summed E-state index contributed by atoms with van der Waals surface area (Å²) in [6.45, 7) is 8.90. The fraction of sp³-hybridized carbons (Fsp3) is 0.357. The van der Waals surface area contributed by atoms with Crippen molar-refractivity contribution in [3.05, 3.63) is 42.0 Å². The normalized spacial score (nSPS) is 11.8. The number of sulfonamides is 1. The van der Waals surface area contributed by atoms with Crippen LogP contribution in [-0.4, -0.2) is 36.4 Å². The molecule has 6 heteroatoms. The monoisotopic (exact) mass is 297 g/mol. The van der Waals surface area contributed by atoms with Crippen LogP contribution in [0.25, 0.3) is 0 Å². The molecule has 1 aromatic rings. The van der Waals surface area contributed by atoms with Gasteiger partial charge in [0, 0.05) is 12.6 Å². The molecule has 0 radical (unpaired) electrons. The predicted molar refractivity (Wildman–Crippen MR) is 77.4 cm³/mol. The Morgan fingerprint density at radius 2 is 2.05 bits per heavy atom. The number of carboxylic acids is 1. The fourth-order valence-corrected chi connectivity index (χ4v) is 3.71. The zero-order chi connectivity index (χ0) is 15.5. The maximum absolute atomic E-state index is 12.6. The van der Waals surface area contributed by atoms with Gasteiger partial charge in [-0.15, -0.1) is 6.58 Å². The Balaban J connectivity index is 3.43. The molecule has 0 spiro atoms. The highest BCUT2D eigenvalue weighted by Crippen LogP contribution is 2.23. The number of benzene rings is 1. The van der Waals surface area contributed by atoms with Crippen molar-refractivity contribution in [2.24, 2.45) is 0 Å². The van der Waals surface area contributed by atoms with Crippen LogP contribution in [0.5, 0.6) is 0 Å². The minimum absolute atomic E-state index is 0.0213. The lowest BCUT2D eigenvalue weighted by Gasteiger charge is -2.25. The Kier molecular flexibility index (Phi) is 5.08. The highest BCUT2D eigenvalue weighted by molar-refractivity contribution is 7.89. The molecular formula is C14H19NO4S. The number of aryl methyl sites for hydroxylation is 1. The van der Waals surface area contributed by atoms with E-state index in [0.29, 0.717) is 5.56 Å². The highest BCUT2D eigenvalue weighted by Gasteiger charge is 2.28. The van der Waals surface area contributed by atoms with E-state index < -0.39 is 16.0 Å². The number of hydrogen-bond donors (Lipinski definition) is 1. The molecule has 0 amide bonds. The van der Waals surface area contributed by atoms with Crippen LogP contribution in [0.4, 0.5) is 0 Å². The van der Waals surface area contributed by atoms with Crippen LogP contribution in [0, 0.1) is 6.92 Å². The van der Waals surface area contributed by atoms with E-state index in [-0.39, 0.29) is 23.0 Å². The Labute approximate surface area is 119 Å². The molecule has 1 aromatic carbocycles. The second-order valence-electron chi connectivity index (χ2n) is 4.74. The van der Waals surface area contributed by atoms with Gasteiger partial charge >= 0.3 is 5.97 Å². The Morgan fingerprint density at radius 3 is 2.50 bits per heavy atom. The van der Waals surface area contributed by atoms with Gasteiger partial charge in [-0.3, -0.25) is 0 Å². The number of carboxylic acid groups (broad SMARTS) is 1. The average Bonchev–Trinajstić information content (AvgIpc) is 2.35. The Hall–Kier alpha value is -1.66. The minimum atomic E-state index is -3.75. The number of rotatable bonds is 6. The van der Waals surface area contributed by atoms with Gasteiger partial charge in [0.05, 0.1) is 10.5 Å². The summed E-state index contributed by atoms with van der Waals surface area (Å²) in [5.41, 5.74) is 0.473. The van der Waals surface area contributed by atoms with E-state index >= 15 is 0 Å². The van der Waals surface area contributed by atoms with Crippen LogP contribution in [0.15, 0.2) is 35.7 Å². The van der Waals surface area contributed by atoms with Gasteiger partial charge in [-0.25, -0.2) is 13.2 Å². The lowest BCUT2D eigenvalue weighted by atomic mass is 10.1. The summed E-state index contributed by atoms with van der Waals surface area (Å²) in [5.74, 6) is -1.15. The molecule has 0 unspecified atom stereocenters. The molecule has 0 aliphatic heterocycles.